The molecule has 0 radical (unpaired) electrons. The third-order valence-electron chi connectivity index (χ3n) is 3.08. The Kier molecular flexibility index (Phi) is 4.62. The summed E-state index contributed by atoms with van der Waals surface area (Å²) in [5, 5.41) is 4.91. The lowest BCUT2D eigenvalue weighted by molar-refractivity contribution is 0.290. The van der Waals surface area contributed by atoms with E-state index >= 15 is 0 Å². The van der Waals surface area contributed by atoms with Gasteiger partial charge in [0.25, 0.3) is 0 Å². The Bertz CT molecular complexity index is 609. The van der Waals surface area contributed by atoms with Crippen LogP contribution in [-0.4, -0.2) is 21.3 Å². The second-order valence-electron chi connectivity index (χ2n) is 4.69. The molecule has 0 aliphatic carbocycles. The fraction of sp³-hybridized carbons (Fsp3) is 0.429. The molecule has 0 unspecified atom stereocenters. The van der Waals surface area contributed by atoms with Crippen LogP contribution in [0.15, 0.2) is 12.1 Å². The van der Waals surface area contributed by atoms with Crippen LogP contribution < -0.4 is 10.5 Å². The van der Waals surface area contributed by atoms with E-state index in [1.54, 1.807) is 4.68 Å². The first-order valence-corrected chi connectivity index (χ1v) is 6.88. The quantitative estimate of drug-likeness (QED) is 0.918. The Morgan fingerprint density at radius 2 is 2.10 bits per heavy atom. The Balaban J connectivity index is 2.18. The molecule has 0 atom stereocenters. The van der Waals surface area contributed by atoms with Crippen LogP contribution in [0.4, 0.5) is 0 Å². The molecule has 0 aliphatic rings. The largest absolute Gasteiger partial charge is 0.485 e. The lowest BCUT2D eigenvalue weighted by Crippen LogP contribution is -2.09. The van der Waals surface area contributed by atoms with Crippen molar-refractivity contribution >= 4 is 11.6 Å². The van der Waals surface area contributed by atoms with Gasteiger partial charge in [-0.1, -0.05) is 11.6 Å². The molecule has 0 bridgehead atoms. The van der Waals surface area contributed by atoms with Crippen LogP contribution in [0.5, 0.6) is 5.75 Å². The summed E-state index contributed by atoms with van der Waals surface area (Å²) in [6.45, 7) is 4.72. The molecule has 2 heterocycles. The summed E-state index contributed by atoms with van der Waals surface area (Å²) >= 11 is 6.21. The van der Waals surface area contributed by atoms with E-state index in [0.29, 0.717) is 24.6 Å². The molecule has 2 aromatic rings. The molecule has 0 spiro atoms. The molecule has 2 aromatic heterocycles. The molecule has 0 fully saturated rings. The molecule has 0 saturated carbocycles. The molecule has 2 N–H and O–H groups in total. The van der Waals surface area contributed by atoms with Crippen LogP contribution in [0.25, 0.3) is 0 Å². The molecule has 20 heavy (non-hydrogen) atoms. The zero-order chi connectivity index (χ0) is 14.7. The van der Waals surface area contributed by atoms with Gasteiger partial charge in [0.15, 0.2) is 0 Å². The van der Waals surface area contributed by atoms with Gasteiger partial charge < -0.3 is 10.5 Å². The first-order chi connectivity index (χ1) is 9.52. The third-order valence-corrected chi connectivity index (χ3v) is 3.57. The third kappa shape index (κ3) is 3.11. The lowest BCUT2D eigenvalue weighted by atomic mass is 10.2. The molecule has 0 saturated heterocycles. The molecule has 0 amide bonds. The fourth-order valence-corrected chi connectivity index (χ4v) is 2.24. The van der Waals surface area contributed by atoms with E-state index in [9.17, 15) is 0 Å². The van der Waals surface area contributed by atoms with E-state index in [2.05, 4.69) is 10.1 Å². The van der Waals surface area contributed by atoms with Crippen LogP contribution in [0.3, 0.4) is 0 Å². The fourth-order valence-electron chi connectivity index (χ4n) is 2.03. The maximum Gasteiger partial charge on any atom is 0.141 e. The number of aromatic nitrogens is 3. The minimum Gasteiger partial charge on any atom is -0.485 e. The molecule has 0 aliphatic heterocycles. The Labute approximate surface area is 123 Å². The predicted octanol–water partition coefficient (Wildman–Crippen LogP) is 2.17. The maximum absolute atomic E-state index is 6.21. The smallest absolute Gasteiger partial charge is 0.141 e. The van der Waals surface area contributed by atoms with E-state index in [0.717, 1.165) is 28.5 Å². The Morgan fingerprint density at radius 1 is 1.35 bits per heavy atom. The number of rotatable bonds is 5. The summed E-state index contributed by atoms with van der Waals surface area (Å²) in [4.78, 5) is 4.46. The van der Waals surface area contributed by atoms with Crippen molar-refractivity contribution in [3.63, 3.8) is 0 Å². The van der Waals surface area contributed by atoms with Crippen LogP contribution >= 0.6 is 11.6 Å². The molecule has 108 valence electrons. The van der Waals surface area contributed by atoms with Gasteiger partial charge in [0, 0.05) is 19.2 Å². The number of pyridine rings is 1. The second-order valence-corrected chi connectivity index (χ2v) is 5.07. The van der Waals surface area contributed by atoms with E-state index in [1.165, 1.54) is 0 Å². The van der Waals surface area contributed by atoms with Crippen LogP contribution in [-0.2, 0) is 20.1 Å². The number of hydrogen-bond donors (Lipinski definition) is 1. The maximum atomic E-state index is 6.21. The highest BCUT2D eigenvalue weighted by Crippen LogP contribution is 2.23. The van der Waals surface area contributed by atoms with Gasteiger partial charge in [-0.3, -0.25) is 9.67 Å². The summed E-state index contributed by atoms with van der Waals surface area (Å²) in [5.41, 5.74) is 9.09. The normalized spacial score (nSPS) is 10.8. The predicted molar refractivity (Wildman–Crippen MR) is 79.0 cm³/mol. The zero-order valence-corrected chi connectivity index (χ0v) is 12.7. The van der Waals surface area contributed by atoms with Crippen LogP contribution in [0.1, 0.15) is 22.8 Å². The average molecular weight is 295 g/mol. The Hall–Kier alpha value is -1.59. The van der Waals surface area contributed by atoms with Crippen LogP contribution in [0.2, 0.25) is 5.02 Å². The van der Waals surface area contributed by atoms with Crippen LogP contribution in [0, 0.1) is 13.8 Å². The van der Waals surface area contributed by atoms with Crippen molar-refractivity contribution in [3.8, 4) is 5.75 Å². The van der Waals surface area contributed by atoms with Gasteiger partial charge in [0.2, 0.25) is 0 Å². The zero-order valence-electron chi connectivity index (χ0n) is 12.0. The highest BCUT2D eigenvalue weighted by Gasteiger charge is 2.13. The summed E-state index contributed by atoms with van der Waals surface area (Å²) in [5.74, 6) is 0.746. The molecule has 2 rings (SSSR count). The first-order valence-electron chi connectivity index (χ1n) is 6.50. The first kappa shape index (κ1) is 14.8. The summed E-state index contributed by atoms with van der Waals surface area (Å²) in [7, 11) is 1.85. The SMILES string of the molecule is Cc1ccc(OCc2c(Cl)c(C)nn2C)c(CCN)n1. The topological polar surface area (TPSA) is 66.0 Å². The van der Waals surface area contributed by atoms with Crippen molar-refractivity contribution in [3.05, 3.63) is 39.9 Å². The highest BCUT2D eigenvalue weighted by molar-refractivity contribution is 6.31. The molecular weight excluding hydrogens is 276 g/mol. The van der Waals surface area contributed by atoms with E-state index in [1.807, 2.05) is 33.0 Å². The molecule has 5 nitrogen and oxygen atoms in total. The van der Waals surface area contributed by atoms with Gasteiger partial charge in [-0.15, -0.1) is 0 Å². The Morgan fingerprint density at radius 3 is 2.70 bits per heavy atom. The monoisotopic (exact) mass is 294 g/mol. The van der Waals surface area contributed by atoms with Gasteiger partial charge in [0.1, 0.15) is 12.4 Å². The van der Waals surface area contributed by atoms with Gasteiger partial charge >= 0.3 is 0 Å². The minimum absolute atomic E-state index is 0.360. The van der Waals surface area contributed by atoms with Crippen molar-refractivity contribution in [1.82, 2.24) is 14.8 Å². The standard InChI is InChI=1S/C14H19ClN4O/c1-9-4-5-13(11(17-9)6-7-16)20-8-12-14(15)10(2)18-19(12)3/h4-5H,6-8,16H2,1-3H3. The van der Waals surface area contributed by atoms with Gasteiger partial charge in [-0.25, -0.2) is 0 Å². The van der Waals surface area contributed by atoms with Crippen molar-refractivity contribution in [2.75, 3.05) is 6.54 Å². The lowest BCUT2D eigenvalue weighted by Gasteiger charge is -2.11. The molecular formula is C14H19ClN4O. The van der Waals surface area contributed by atoms with Crippen molar-refractivity contribution in [2.24, 2.45) is 12.8 Å². The summed E-state index contributed by atoms with van der Waals surface area (Å²) < 4.78 is 7.58. The van der Waals surface area contributed by atoms with Crippen molar-refractivity contribution in [1.29, 1.82) is 0 Å². The van der Waals surface area contributed by atoms with Crippen molar-refractivity contribution < 1.29 is 4.74 Å². The second kappa shape index (κ2) is 6.24. The molecule has 6 heteroatoms. The summed E-state index contributed by atoms with van der Waals surface area (Å²) in [6, 6.07) is 3.84. The average Bonchev–Trinajstić information content (AvgIpc) is 2.64. The highest BCUT2D eigenvalue weighted by atomic mass is 35.5. The van der Waals surface area contributed by atoms with E-state index in [4.69, 9.17) is 22.1 Å². The number of halogens is 1. The van der Waals surface area contributed by atoms with E-state index in [-0.39, 0.29) is 0 Å². The number of hydrogen-bond acceptors (Lipinski definition) is 4. The van der Waals surface area contributed by atoms with E-state index < -0.39 is 0 Å². The minimum atomic E-state index is 0.360. The summed E-state index contributed by atoms with van der Waals surface area (Å²) in [6.07, 6.45) is 0.690. The van der Waals surface area contributed by atoms with Gasteiger partial charge in [-0.05, 0) is 32.5 Å². The van der Waals surface area contributed by atoms with Gasteiger partial charge in [-0.2, -0.15) is 5.10 Å². The van der Waals surface area contributed by atoms with Crippen molar-refractivity contribution in [2.45, 2.75) is 26.9 Å². The van der Waals surface area contributed by atoms with Gasteiger partial charge in [0.05, 0.1) is 22.1 Å². The molecule has 0 aromatic carbocycles. The number of nitrogens with two attached hydrogens (primary N) is 1. The number of nitrogens with zero attached hydrogens (tertiary/aromatic N) is 3. The number of aryl methyl sites for hydroxylation is 3. The number of ether oxygens (including phenoxy) is 1.